The Labute approximate surface area is 88.7 Å². The first-order chi connectivity index (χ1) is 6.35. The highest BCUT2D eigenvalue weighted by atomic mass is 16.6. The van der Waals surface area contributed by atoms with Crippen LogP contribution < -0.4 is 0 Å². The minimum Gasteiger partial charge on any atom is -0.368 e. The normalized spacial score (nSPS) is 16.7. The topological polar surface area (TPSA) is 29.5 Å². The summed E-state index contributed by atoms with van der Waals surface area (Å²) < 4.78 is 5.39. The first-order valence-corrected chi connectivity index (χ1v) is 5.65. The molecule has 0 fully saturated rings. The van der Waals surface area contributed by atoms with Gasteiger partial charge in [-0.1, -0.05) is 41.0 Å². The maximum absolute atomic E-state index is 9.58. The summed E-state index contributed by atoms with van der Waals surface area (Å²) in [5.74, 6) is 0.551. The second-order valence-electron chi connectivity index (χ2n) is 5.45. The molecule has 0 aromatic heterocycles. The highest BCUT2D eigenvalue weighted by Crippen LogP contribution is 2.21. The van der Waals surface area contributed by atoms with Crippen LogP contribution >= 0.6 is 0 Å². The molecule has 0 saturated heterocycles. The molecule has 0 aromatic rings. The van der Waals surface area contributed by atoms with E-state index in [0.29, 0.717) is 18.9 Å². The van der Waals surface area contributed by atoms with E-state index in [9.17, 15) is 5.11 Å². The Balaban J connectivity index is 3.58. The summed E-state index contributed by atoms with van der Waals surface area (Å²) in [6.45, 7) is 11.3. The molecule has 14 heavy (non-hydrogen) atoms. The highest BCUT2D eigenvalue weighted by Gasteiger charge is 2.17. The molecule has 0 rings (SSSR count). The third-order valence-electron chi connectivity index (χ3n) is 2.14. The van der Waals surface area contributed by atoms with Crippen LogP contribution in [-0.4, -0.2) is 18.0 Å². The van der Waals surface area contributed by atoms with Gasteiger partial charge in [0.25, 0.3) is 0 Å². The van der Waals surface area contributed by atoms with E-state index in [2.05, 4.69) is 34.6 Å². The van der Waals surface area contributed by atoms with Gasteiger partial charge in [-0.3, -0.25) is 0 Å². The lowest BCUT2D eigenvalue weighted by atomic mass is 9.92. The molecule has 86 valence electrons. The van der Waals surface area contributed by atoms with Crippen LogP contribution in [0.4, 0.5) is 0 Å². The predicted molar refractivity (Wildman–Crippen MR) is 60.1 cm³/mol. The van der Waals surface area contributed by atoms with Crippen LogP contribution in [0.1, 0.15) is 53.9 Å². The van der Waals surface area contributed by atoms with Crippen molar-refractivity contribution in [1.82, 2.24) is 0 Å². The first-order valence-electron chi connectivity index (χ1n) is 5.65. The van der Waals surface area contributed by atoms with Gasteiger partial charge in [0.1, 0.15) is 0 Å². The molecule has 0 aliphatic carbocycles. The van der Waals surface area contributed by atoms with Crippen LogP contribution in [0.5, 0.6) is 0 Å². The molecular formula is C12H26O2. The van der Waals surface area contributed by atoms with Crippen molar-refractivity contribution < 1.29 is 9.84 Å². The summed E-state index contributed by atoms with van der Waals surface area (Å²) in [5, 5.41) is 9.58. The smallest absolute Gasteiger partial charge is 0.155 e. The number of hydrogen-bond acceptors (Lipinski definition) is 2. The minimum atomic E-state index is -0.602. The van der Waals surface area contributed by atoms with E-state index in [-0.39, 0.29) is 5.41 Å². The average Bonchev–Trinajstić information content (AvgIpc) is 1.98. The molecule has 2 atom stereocenters. The van der Waals surface area contributed by atoms with Crippen molar-refractivity contribution in [3.05, 3.63) is 0 Å². The number of rotatable bonds is 6. The van der Waals surface area contributed by atoms with Crippen molar-refractivity contribution in [2.45, 2.75) is 60.2 Å². The molecule has 0 amide bonds. The van der Waals surface area contributed by atoms with Crippen LogP contribution in [0.3, 0.4) is 0 Å². The second kappa shape index (κ2) is 6.41. The van der Waals surface area contributed by atoms with Crippen molar-refractivity contribution in [3.8, 4) is 0 Å². The third-order valence-corrected chi connectivity index (χ3v) is 2.14. The van der Waals surface area contributed by atoms with Gasteiger partial charge in [-0.05, 0) is 17.8 Å². The molecule has 0 heterocycles. The molecule has 0 aliphatic heterocycles. The molecule has 0 aromatic carbocycles. The van der Waals surface area contributed by atoms with E-state index < -0.39 is 6.29 Å². The van der Waals surface area contributed by atoms with Gasteiger partial charge in [0.2, 0.25) is 0 Å². The Morgan fingerprint density at radius 3 is 2.29 bits per heavy atom. The van der Waals surface area contributed by atoms with Crippen LogP contribution in [0.25, 0.3) is 0 Å². The number of aliphatic hydroxyl groups excluding tert-OH is 1. The quantitative estimate of drug-likeness (QED) is 0.670. The maximum Gasteiger partial charge on any atom is 0.155 e. The van der Waals surface area contributed by atoms with Gasteiger partial charge in [-0.15, -0.1) is 0 Å². The third kappa shape index (κ3) is 8.52. The zero-order valence-corrected chi connectivity index (χ0v) is 10.3. The molecule has 0 saturated carbocycles. The lowest BCUT2D eigenvalue weighted by Gasteiger charge is -2.23. The van der Waals surface area contributed by atoms with E-state index in [1.54, 1.807) is 0 Å². The van der Waals surface area contributed by atoms with E-state index in [1.807, 2.05) is 0 Å². The molecule has 0 spiro atoms. The van der Waals surface area contributed by atoms with Crippen LogP contribution in [0.2, 0.25) is 0 Å². The zero-order valence-electron chi connectivity index (χ0n) is 10.3. The summed E-state index contributed by atoms with van der Waals surface area (Å²) in [5.41, 5.74) is 0.132. The van der Waals surface area contributed by atoms with Crippen LogP contribution in [0.15, 0.2) is 0 Å². The van der Waals surface area contributed by atoms with Crippen LogP contribution in [0, 0.1) is 11.3 Å². The van der Waals surface area contributed by atoms with Crippen molar-refractivity contribution >= 4 is 0 Å². The Hall–Kier alpha value is -0.0800. The summed E-state index contributed by atoms with van der Waals surface area (Å²) >= 11 is 0. The molecule has 0 bridgehead atoms. The van der Waals surface area contributed by atoms with E-state index in [4.69, 9.17) is 4.74 Å². The van der Waals surface area contributed by atoms with Gasteiger partial charge < -0.3 is 9.84 Å². The summed E-state index contributed by atoms with van der Waals surface area (Å²) in [6.07, 6.45) is 2.45. The molecular weight excluding hydrogens is 176 g/mol. The standard InChI is InChI=1S/C12H26O2/c1-6-7-10(2)9-14-11(13)8-12(3,4)5/h10-11,13H,6-9H2,1-5H3. The Kier molecular flexibility index (Phi) is 6.38. The lowest BCUT2D eigenvalue weighted by Crippen LogP contribution is -2.22. The van der Waals surface area contributed by atoms with Crippen molar-refractivity contribution in [3.63, 3.8) is 0 Å². The molecule has 1 N–H and O–H groups in total. The predicted octanol–water partition coefficient (Wildman–Crippen LogP) is 3.19. The first kappa shape index (κ1) is 13.9. The minimum absolute atomic E-state index is 0.132. The highest BCUT2D eigenvalue weighted by molar-refractivity contribution is 4.63. The van der Waals surface area contributed by atoms with Crippen LogP contribution in [-0.2, 0) is 4.74 Å². The number of hydrogen-bond donors (Lipinski definition) is 1. The number of aliphatic hydroxyl groups is 1. The molecule has 2 heteroatoms. The van der Waals surface area contributed by atoms with Gasteiger partial charge in [-0.2, -0.15) is 0 Å². The zero-order chi connectivity index (χ0) is 11.2. The average molecular weight is 202 g/mol. The lowest BCUT2D eigenvalue weighted by molar-refractivity contribution is -0.126. The largest absolute Gasteiger partial charge is 0.368 e. The second-order valence-corrected chi connectivity index (χ2v) is 5.45. The fourth-order valence-corrected chi connectivity index (χ4v) is 1.43. The summed E-state index contributed by atoms with van der Waals surface area (Å²) in [7, 11) is 0. The molecule has 0 radical (unpaired) electrons. The summed E-state index contributed by atoms with van der Waals surface area (Å²) in [6, 6.07) is 0. The fraction of sp³-hybridized carbons (Fsp3) is 1.00. The summed E-state index contributed by atoms with van der Waals surface area (Å²) in [4.78, 5) is 0. The van der Waals surface area contributed by atoms with E-state index in [1.165, 1.54) is 12.8 Å². The van der Waals surface area contributed by atoms with Crippen molar-refractivity contribution in [2.24, 2.45) is 11.3 Å². The van der Waals surface area contributed by atoms with Gasteiger partial charge in [0.15, 0.2) is 6.29 Å². The molecule has 2 unspecified atom stereocenters. The van der Waals surface area contributed by atoms with Gasteiger partial charge >= 0.3 is 0 Å². The van der Waals surface area contributed by atoms with Gasteiger partial charge in [0.05, 0.1) is 6.61 Å². The fourth-order valence-electron chi connectivity index (χ4n) is 1.43. The SMILES string of the molecule is CCCC(C)COC(O)CC(C)(C)C. The Bertz CT molecular complexity index is 138. The number of ether oxygens (including phenoxy) is 1. The Morgan fingerprint density at radius 1 is 1.29 bits per heavy atom. The Morgan fingerprint density at radius 2 is 1.86 bits per heavy atom. The van der Waals surface area contributed by atoms with E-state index >= 15 is 0 Å². The van der Waals surface area contributed by atoms with Gasteiger partial charge in [-0.25, -0.2) is 0 Å². The molecule has 2 nitrogen and oxygen atoms in total. The van der Waals surface area contributed by atoms with E-state index in [0.717, 1.165) is 0 Å². The van der Waals surface area contributed by atoms with Crippen molar-refractivity contribution in [1.29, 1.82) is 0 Å². The van der Waals surface area contributed by atoms with Crippen molar-refractivity contribution in [2.75, 3.05) is 6.61 Å². The molecule has 0 aliphatic rings. The maximum atomic E-state index is 9.58. The monoisotopic (exact) mass is 202 g/mol. The van der Waals surface area contributed by atoms with Gasteiger partial charge in [0, 0.05) is 6.42 Å².